The van der Waals surface area contributed by atoms with Gasteiger partial charge in [-0.3, -0.25) is 0 Å². The van der Waals surface area contributed by atoms with E-state index in [-0.39, 0.29) is 0 Å². The van der Waals surface area contributed by atoms with Crippen molar-refractivity contribution in [3.8, 4) is 18.1 Å². The van der Waals surface area contributed by atoms with Crippen molar-refractivity contribution in [2.24, 2.45) is 0 Å². The predicted molar refractivity (Wildman–Crippen MR) is 68.7 cm³/mol. The van der Waals surface area contributed by atoms with Crippen LogP contribution in [0.3, 0.4) is 0 Å². The molecule has 0 spiro atoms. The molecule has 1 heteroatoms. The highest BCUT2D eigenvalue weighted by Gasteiger charge is 2.00. The first-order valence-electron chi connectivity index (χ1n) is 5.90. The molecule has 1 aromatic carbocycles. The highest BCUT2D eigenvalue weighted by Crippen LogP contribution is 2.20. The van der Waals surface area contributed by atoms with Crippen molar-refractivity contribution in [1.29, 1.82) is 0 Å². The smallest absolute Gasteiger partial charge is 0.119 e. The molecule has 0 aliphatic heterocycles. The molecule has 0 radical (unpaired) electrons. The Morgan fingerprint density at radius 2 is 2.12 bits per heavy atom. The van der Waals surface area contributed by atoms with Crippen LogP contribution in [0.5, 0.6) is 5.75 Å². The molecule has 0 aliphatic rings. The number of ether oxygens (including phenoxy) is 1. The largest absolute Gasteiger partial charge is 0.494 e. The maximum atomic E-state index is 5.67. The second-order valence-electron chi connectivity index (χ2n) is 4.24. The summed E-state index contributed by atoms with van der Waals surface area (Å²) < 4.78 is 5.67. The summed E-state index contributed by atoms with van der Waals surface area (Å²) in [6.45, 7) is 5.13. The molecule has 0 aromatic heterocycles. The van der Waals surface area contributed by atoms with Gasteiger partial charge in [-0.2, -0.15) is 0 Å². The van der Waals surface area contributed by atoms with Crippen LogP contribution >= 0.6 is 0 Å². The lowest BCUT2D eigenvalue weighted by Gasteiger charge is -2.09. The Morgan fingerprint density at radius 1 is 1.31 bits per heavy atom. The number of hydrogen-bond acceptors (Lipinski definition) is 1. The lowest BCUT2D eigenvalue weighted by Crippen LogP contribution is -1.98. The van der Waals surface area contributed by atoms with Crippen molar-refractivity contribution >= 4 is 0 Å². The van der Waals surface area contributed by atoms with Gasteiger partial charge in [-0.05, 0) is 36.5 Å². The van der Waals surface area contributed by atoms with E-state index in [2.05, 4.69) is 31.9 Å². The normalized spacial score (nSPS) is 10.1. The van der Waals surface area contributed by atoms with E-state index in [1.807, 2.05) is 12.1 Å². The van der Waals surface area contributed by atoms with Gasteiger partial charge >= 0.3 is 0 Å². The predicted octanol–water partition coefficient (Wildman–Crippen LogP) is 3.99. The number of hydrogen-bond donors (Lipinski definition) is 0. The molecule has 0 bridgehead atoms. The minimum absolute atomic E-state index is 0.546. The van der Waals surface area contributed by atoms with Crippen molar-refractivity contribution in [2.75, 3.05) is 6.61 Å². The summed E-state index contributed by atoms with van der Waals surface area (Å²) in [4.78, 5) is 0. The van der Waals surface area contributed by atoms with E-state index in [0.717, 1.165) is 31.6 Å². The second-order valence-corrected chi connectivity index (χ2v) is 4.24. The molecular weight excluding hydrogens is 196 g/mol. The molecule has 1 aromatic rings. The van der Waals surface area contributed by atoms with Gasteiger partial charge in [0, 0.05) is 6.42 Å². The van der Waals surface area contributed by atoms with Crippen molar-refractivity contribution in [3.63, 3.8) is 0 Å². The van der Waals surface area contributed by atoms with Crippen LogP contribution in [0.4, 0.5) is 0 Å². The summed E-state index contributed by atoms with van der Waals surface area (Å²) >= 11 is 0. The summed E-state index contributed by atoms with van der Waals surface area (Å²) in [5.74, 6) is 4.15. The first-order valence-corrected chi connectivity index (χ1v) is 5.90. The molecule has 16 heavy (non-hydrogen) atoms. The van der Waals surface area contributed by atoms with Gasteiger partial charge in [0.1, 0.15) is 5.75 Å². The number of benzene rings is 1. The molecule has 0 N–H and O–H groups in total. The van der Waals surface area contributed by atoms with Crippen LogP contribution in [0.15, 0.2) is 24.3 Å². The van der Waals surface area contributed by atoms with Crippen LogP contribution in [0.2, 0.25) is 0 Å². The zero-order chi connectivity index (χ0) is 11.8. The fraction of sp³-hybridized carbons (Fsp3) is 0.467. The summed E-state index contributed by atoms with van der Waals surface area (Å²) in [5, 5.41) is 0. The van der Waals surface area contributed by atoms with E-state index >= 15 is 0 Å². The minimum atomic E-state index is 0.546. The summed E-state index contributed by atoms with van der Waals surface area (Å²) in [6.07, 6.45) is 8.09. The Morgan fingerprint density at radius 3 is 2.81 bits per heavy atom. The Hall–Kier alpha value is -1.42. The van der Waals surface area contributed by atoms with Crippen molar-refractivity contribution in [3.05, 3.63) is 29.8 Å². The highest BCUT2D eigenvalue weighted by molar-refractivity contribution is 5.30. The van der Waals surface area contributed by atoms with Crippen LogP contribution in [-0.2, 0) is 0 Å². The van der Waals surface area contributed by atoms with Gasteiger partial charge in [-0.25, -0.2) is 0 Å². The van der Waals surface area contributed by atoms with Crippen molar-refractivity contribution in [1.82, 2.24) is 0 Å². The van der Waals surface area contributed by atoms with E-state index in [0.29, 0.717) is 5.92 Å². The summed E-state index contributed by atoms with van der Waals surface area (Å²) in [5.41, 5.74) is 1.32. The number of rotatable bonds is 6. The molecule has 1 nitrogen and oxygen atoms in total. The Labute approximate surface area is 98.8 Å². The van der Waals surface area contributed by atoms with Crippen LogP contribution < -0.4 is 4.74 Å². The van der Waals surface area contributed by atoms with E-state index in [1.54, 1.807) is 0 Å². The van der Waals surface area contributed by atoms with Gasteiger partial charge in [-0.15, -0.1) is 12.3 Å². The van der Waals surface area contributed by atoms with Gasteiger partial charge in [0.05, 0.1) is 6.61 Å². The molecule has 0 fully saturated rings. The third-order valence-corrected chi connectivity index (χ3v) is 2.51. The molecule has 0 saturated carbocycles. The molecule has 0 atom stereocenters. The Balaban J connectivity index is 2.37. The Kier molecular flexibility index (Phi) is 5.50. The van der Waals surface area contributed by atoms with E-state index in [9.17, 15) is 0 Å². The highest BCUT2D eigenvalue weighted by atomic mass is 16.5. The zero-order valence-electron chi connectivity index (χ0n) is 10.2. The minimum Gasteiger partial charge on any atom is -0.494 e. The fourth-order valence-corrected chi connectivity index (χ4v) is 1.48. The lowest BCUT2D eigenvalue weighted by molar-refractivity contribution is 0.307. The molecule has 86 valence electrons. The van der Waals surface area contributed by atoms with Gasteiger partial charge in [0.25, 0.3) is 0 Å². The number of terminal acetylenes is 1. The van der Waals surface area contributed by atoms with Crippen LogP contribution in [0.1, 0.15) is 44.6 Å². The fourth-order valence-electron chi connectivity index (χ4n) is 1.48. The van der Waals surface area contributed by atoms with Gasteiger partial charge in [0.2, 0.25) is 0 Å². The standard InChI is InChI=1S/C15H20O/c1-4-5-6-7-11-16-15-10-8-9-14(12-15)13(2)3/h1,8-10,12-13H,5-7,11H2,2-3H3. The molecule has 0 heterocycles. The summed E-state index contributed by atoms with van der Waals surface area (Å²) in [6, 6.07) is 8.31. The van der Waals surface area contributed by atoms with Crippen LogP contribution in [0.25, 0.3) is 0 Å². The van der Waals surface area contributed by atoms with Crippen LogP contribution in [-0.4, -0.2) is 6.61 Å². The van der Waals surface area contributed by atoms with Gasteiger partial charge < -0.3 is 4.74 Å². The topological polar surface area (TPSA) is 9.23 Å². The van der Waals surface area contributed by atoms with E-state index in [4.69, 9.17) is 11.2 Å². The Bertz CT molecular complexity index is 347. The SMILES string of the molecule is C#CCCCCOc1cccc(C(C)C)c1. The third kappa shape index (κ3) is 4.40. The average molecular weight is 216 g/mol. The molecule has 0 aliphatic carbocycles. The van der Waals surface area contributed by atoms with Crippen molar-refractivity contribution in [2.45, 2.75) is 39.0 Å². The molecule has 0 unspecified atom stereocenters. The monoisotopic (exact) mass is 216 g/mol. The average Bonchev–Trinajstić information content (AvgIpc) is 2.29. The quantitative estimate of drug-likeness (QED) is 0.516. The third-order valence-electron chi connectivity index (χ3n) is 2.51. The molecule has 0 saturated heterocycles. The maximum Gasteiger partial charge on any atom is 0.119 e. The second kappa shape index (κ2) is 6.95. The zero-order valence-corrected chi connectivity index (χ0v) is 10.2. The molecular formula is C15H20O. The lowest BCUT2D eigenvalue weighted by atomic mass is 10.0. The first-order chi connectivity index (χ1) is 7.74. The van der Waals surface area contributed by atoms with E-state index in [1.165, 1.54) is 5.56 Å². The van der Waals surface area contributed by atoms with Gasteiger partial charge in [0.15, 0.2) is 0 Å². The van der Waals surface area contributed by atoms with Crippen molar-refractivity contribution < 1.29 is 4.74 Å². The molecule has 1 rings (SSSR count). The van der Waals surface area contributed by atoms with Gasteiger partial charge in [-0.1, -0.05) is 26.0 Å². The molecule has 0 amide bonds. The summed E-state index contributed by atoms with van der Waals surface area (Å²) in [7, 11) is 0. The number of unbranched alkanes of at least 4 members (excludes halogenated alkanes) is 2. The first kappa shape index (κ1) is 12.6. The van der Waals surface area contributed by atoms with E-state index < -0.39 is 0 Å². The maximum absolute atomic E-state index is 5.67. The van der Waals surface area contributed by atoms with Crippen LogP contribution in [0, 0.1) is 12.3 Å².